The summed E-state index contributed by atoms with van der Waals surface area (Å²) in [6, 6.07) is 29.8. The molecule has 1 amide bonds. The van der Waals surface area contributed by atoms with Gasteiger partial charge in [0.15, 0.2) is 11.5 Å². The predicted octanol–water partition coefficient (Wildman–Crippen LogP) is 7.95. The molecule has 0 saturated carbocycles. The Bertz CT molecular complexity index is 1820. The van der Waals surface area contributed by atoms with E-state index in [1.54, 1.807) is 26.3 Å². The number of ether oxygens (including phenoxy) is 3. The van der Waals surface area contributed by atoms with Gasteiger partial charge in [-0.25, -0.2) is 5.01 Å². The van der Waals surface area contributed by atoms with Crippen molar-refractivity contribution < 1.29 is 19.0 Å². The lowest BCUT2D eigenvalue weighted by Gasteiger charge is -2.24. The molecule has 2 heterocycles. The molecule has 6 rings (SSSR count). The van der Waals surface area contributed by atoms with Gasteiger partial charge in [0, 0.05) is 45.0 Å². The molecule has 1 aliphatic rings. The van der Waals surface area contributed by atoms with Gasteiger partial charge in [0.2, 0.25) is 0 Å². The summed E-state index contributed by atoms with van der Waals surface area (Å²) in [6.07, 6.45) is 2.68. The first kappa shape index (κ1) is 29.8. The molecule has 7 nitrogen and oxygen atoms in total. The molecule has 4 aromatic carbocycles. The number of carbonyl (C=O) groups is 1. The van der Waals surface area contributed by atoms with Crippen molar-refractivity contribution in [2.75, 3.05) is 27.1 Å². The second kappa shape index (κ2) is 13.2. The number of nitrogens with zero attached hydrogens (tertiary/aromatic N) is 3. The van der Waals surface area contributed by atoms with Crippen LogP contribution in [0.5, 0.6) is 17.2 Å². The average Bonchev–Trinajstić information content (AvgIpc) is 3.66. The highest BCUT2D eigenvalue weighted by Gasteiger charge is 2.35. The van der Waals surface area contributed by atoms with Crippen LogP contribution in [-0.4, -0.2) is 48.3 Å². The van der Waals surface area contributed by atoms with E-state index in [1.807, 2.05) is 54.6 Å². The number of amides is 1. The first-order valence-corrected chi connectivity index (χ1v) is 16.0. The van der Waals surface area contributed by atoms with Crippen molar-refractivity contribution in [2.45, 2.75) is 23.9 Å². The van der Waals surface area contributed by atoms with Crippen molar-refractivity contribution in [1.29, 1.82) is 0 Å². The average molecular weight is 671 g/mol. The van der Waals surface area contributed by atoms with Gasteiger partial charge in [-0.15, -0.1) is 11.8 Å². The minimum atomic E-state index is -0.344. The summed E-state index contributed by atoms with van der Waals surface area (Å²) in [6.45, 7) is 0.738. The quantitative estimate of drug-likeness (QED) is 0.141. The van der Waals surface area contributed by atoms with E-state index in [9.17, 15) is 4.79 Å². The fourth-order valence-corrected chi connectivity index (χ4v) is 6.77. The SMILES string of the molecule is COc1ccc(C2=NN(C(=O)CSc3cn(Cc4ccc(Br)cc4)c4ccccc34)C(c3cccc(OC)c3OC)C2)cc1. The highest BCUT2D eigenvalue weighted by molar-refractivity contribution is 9.10. The van der Waals surface area contributed by atoms with Gasteiger partial charge in [-0.3, -0.25) is 4.79 Å². The molecule has 1 aromatic heterocycles. The predicted molar refractivity (Wildman–Crippen MR) is 179 cm³/mol. The molecule has 5 aromatic rings. The highest BCUT2D eigenvalue weighted by atomic mass is 79.9. The zero-order valence-electron chi connectivity index (χ0n) is 24.7. The van der Waals surface area contributed by atoms with Gasteiger partial charge in [0.25, 0.3) is 5.91 Å². The number of thioether (sulfide) groups is 1. The second-order valence-electron chi connectivity index (χ2n) is 10.4. The molecule has 44 heavy (non-hydrogen) atoms. The molecule has 224 valence electrons. The largest absolute Gasteiger partial charge is 0.497 e. The minimum absolute atomic E-state index is 0.0851. The lowest BCUT2D eigenvalue weighted by Crippen LogP contribution is -2.28. The number of methoxy groups -OCH3 is 3. The Morgan fingerprint density at radius 1 is 0.909 bits per heavy atom. The van der Waals surface area contributed by atoms with E-state index in [4.69, 9.17) is 19.3 Å². The number of para-hydroxylation sites is 2. The number of carbonyl (C=O) groups excluding carboxylic acids is 1. The number of halogens is 1. The van der Waals surface area contributed by atoms with Gasteiger partial charge in [0.1, 0.15) is 5.75 Å². The van der Waals surface area contributed by atoms with Gasteiger partial charge in [-0.1, -0.05) is 58.4 Å². The van der Waals surface area contributed by atoms with Crippen molar-refractivity contribution >= 4 is 50.2 Å². The fourth-order valence-electron chi connectivity index (χ4n) is 5.57. The molecule has 1 atom stereocenters. The molecule has 0 radical (unpaired) electrons. The lowest BCUT2D eigenvalue weighted by molar-refractivity contribution is -0.130. The Hall–Kier alpha value is -4.21. The molecule has 0 aliphatic carbocycles. The van der Waals surface area contributed by atoms with Gasteiger partial charge < -0.3 is 18.8 Å². The van der Waals surface area contributed by atoms with E-state index in [1.165, 1.54) is 17.3 Å². The Balaban J connectivity index is 1.29. The minimum Gasteiger partial charge on any atom is -0.497 e. The van der Waals surface area contributed by atoms with Crippen LogP contribution in [0, 0.1) is 0 Å². The van der Waals surface area contributed by atoms with Crippen LogP contribution in [0.1, 0.15) is 29.2 Å². The second-order valence-corrected chi connectivity index (χ2v) is 12.3. The summed E-state index contributed by atoms with van der Waals surface area (Å²) < 4.78 is 20.0. The van der Waals surface area contributed by atoms with Crippen LogP contribution in [0.25, 0.3) is 10.9 Å². The van der Waals surface area contributed by atoms with E-state index in [0.29, 0.717) is 17.9 Å². The summed E-state index contributed by atoms with van der Waals surface area (Å²) in [4.78, 5) is 15.0. The molecule has 1 aliphatic heterocycles. The monoisotopic (exact) mass is 669 g/mol. The summed E-state index contributed by atoms with van der Waals surface area (Å²) >= 11 is 5.05. The normalized spacial score (nSPS) is 14.5. The molecule has 0 spiro atoms. The Morgan fingerprint density at radius 3 is 2.41 bits per heavy atom. The maximum atomic E-state index is 14.0. The number of hydrogen-bond donors (Lipinski definition) is 0. The first-order chi connectivity index (χ1) is 21.5. The van der Waals surface area contributed by atoms with Crippen molar-refractivity contribution in [3.63, 3.8) is 0 Å². The van der Waals surface area contributed by atoms with Gasteiger partial charge >= 0.3 is 0 Å². The van der Waals surface area contributed by atoms with Crippen LogP contribution in [0.2, 0.25) is 0 Å². The number of benzene rings is 4. The Morgan fingerprint density at radius 2 is 1.68 bits per heavy atom. The zero-order chi connectivity index (χ0) is 30.6. The van der Waals surface area contributed by atoms with E-state index in [0.717, 1.165) is 49.4 Å². The summed E-state index contributed by atoms with van der Waals surface area (Å²) in [5.41, 5.74) is 4.95. The molecule has 9 heteroatoms. The van der Waals surface area contributed by atoms with Crippen molar-refractivity contribution in [2.24, 2.45) is 5.10 Å². The van der Waals surface area contributed by atoms with E-state index >= 15 is 0 Å². The van der Waals surface area contributed by atoms with Gasteiger partial charge in [0.05, 0.1) is 38.8 Å². The summed E-state index contributed by atoms with van der Waals surface area (Å²) in [5.74, 6) is 2.13. The Kier molecular flexibility index (Phi) is 8.95. The van der Waals surface area contributed by atoms with Crippen LogP contribution in [-0.2, 0) is 11.3 Å². The maximum absolute atomic E-state index is 14.0. The Labute approximate surface area is 269 Å². The number of hydrazone groups is 1. The maximum Gasteiger partial charge on any atom is 0.253 e. The molecule has 0 N–H and O–H groups in total. The number of hydrogen-bond acceptors (Lipinski definition) is 6. The molecule has 0 saturated heterocycles. The zero-order valence-corrected chi connectivity index (χ0v) is 27.1. The molecular formula is C35H32BrN3O4S. The fraction of sp³-hybridized carbons (Fsp3) is 0.200. The third-order valence-electron chi connectivity index (χ3n) is 7.75. The van der Waals surface area contributed by atoms with Crippen LogP contribution in [0.3, 0.4) is 0 Å². The van der Waals surface area contributed by atoms with Crippen LogP contribution in [0.15, 0.2) is 112 Å². The molecule has 1 unspecified atom stereocenters. The third kappa shape index (κ3) is 6.07. The molecular weight excluding hydrogens is 638 g/mol. The van der Waals surface area contributed by atoms with E-state index in [-0.39, 0.29) is 17.7 Å². The van der Waals surface area contributed by atoms with Gasteiger partial charge in [-0.2, -0.15) is 5.10 Å². The lowest BCUT2D eigenvalue weighted by atomic mass is 9.97. The smallest absolute Gasteiger partial charge is 0.253 e. The van der Waals surface area contributed by atoms with Crippen molar-refractivity contribution in [1.82, 2.24) is 9.58 Å². The molecule has 0 fully saturated rings. The highest BCUT2D eigenvalue weighted by Crippen LogP contribution is 2.42. The first-order valence-electron chi connectivity index (χ1n) is 14.2. The number of fused-ring (bicyclic) bond motifs is 1. The van der Waals surface area contributed by atoms with E-state index in [2.05, 4.69) is 63.1 Å². The van der Waals surface area contributed by atoms with Gasteiger partial charge in [-0.05, 0) is 59.7 Å². The number of rotatable bonds is 10. The standard InChI is InChI=1S/C35H32BrN3O4S/c1-41-26-17-13-24(14-18-26)29-19-31(28-8-6-10-32(42-2)35(28)43-3)39(37-29)34(40)22-44-33-21-38(30-9-5-4-7-27(30)33)20-23-11-15-25(36)16-12-23/h4-18,21,31H,19-20,22H2,1-3H3. The molecule has 0 bridgehead atoms. The topological polar surface area (TPSA) is 65.3 Å². The summed E-state index contributed by atoms with van der Waals surface area (Å²) in [5, 5.41) is 7.62. The van der Waals surface area contributed by atoms with E-state index < -0.39 is 0 Å². The van der Waals surface area contributed by atoms with Crippen molar-refractivity contribution in [3.05, 3.63) is 118 Å². The van der Waals surface area contributed by atoms with Crippen molar-refractivity contribution in [3.8, 4) is 17.2 Å². The van der Waals surface area contributed by atoms with Crippen LogP contribution < -0.4 is 14.2 Å². The number of aromatic nitrogens is 1. The van der Waals surface area contributed by atoms with Crippen LogP contribution >= 0.6 is 27.7 Å². The van der Waals surface area contributed by atoms with Crippen LogP contribution in [0.4, 0.5) is 0 Å². The third-order valence-corrected chi connectivity index (χ3v) is 9.31. The summed E-state index contributed by atoms with van der Waals surface area (Å²) in [7, 11) is 4.87.